The van der Waals surface area contributed by atoms with Crippen molar-refractivity contribution in [1.29, 1.82) is 0 Å². The molecule has 6 heterocycles. The van der Waals surface area contributed by atoms with E-state index in [1.54, 1.807) is 0 Å². The topological polar surface area (TPSA) is 19.7 Å². The largest absolute Gasteiger partial charge is 0.309 e. The van der Waals surface area contributed by atoms with E-state index in [1.807, 2.05) is 22.7 Å². The van der Waals surface area contributed by atoms with Crippen LogP contribution in [0.3, 0.4) is 0 Å². The van der Waals surface area contributed by atoms with E-state index in [-0.39, 0.29) is 0 Å². The third kappa shape index (κ3) is 6.30. The van der Waals surface area contributed by atoms with Crippen molar-refractivity contribution in [2.24, 2.45) is 0 Å². The first-order valence-electron chi connectivity index (χ1n) is 29.5. The Morgan fingerprint density at radius 3 is 1.45 bits per heavy atom. The normalized spacial score (nSPS) is 12.4. The van der Waals surface area contributed by atoms with Gasteiger partial charge in [0, 0.05) is 112 Å². The number of thiophene rings is 2. The Kier molecular flexibility index (Phi) is 9.45. The summed E-state index contributed by atoms with van der Waals surface area (Å²) >= 11 is 3.75. The number of para-hydroxylation sites is 4. The summed E-state index contributed by atoms with van der Waals surface area (Å²) in [5.41, 5.74) is 16.6. The van der Waals surface area contributed by atoms with Crippen LogP contribution < -0.4 is 0 Å². The van der Waals surface area contributed by atoms with Gasteiger partial charge in [-0.05, 0) is 124 Å². The number of nitrogens with zero attached hydrogens (tertiary/aromatic N) is 4. The van der Waals surface area contributed by atoms with Crippen LogP contribution in [0.25, 0.3) is 183 Å². The molecule has 0 fully saturated rings. The lowest BCUT2D eigenvalue weighted by Crippen LogP contribution is -1.98. The molecule has 6 aromatic heterocycles. The predicted molar refractivity (Wildman–Crippen MR) is 370 cm³/mol. The van der Waals surface area contributed by atoms with E-state index in [0.29, 0.717) is 0 Å². The van der Waals surface area contributed by atoms with Crippen LogP contribution >= 0.6 is 22.7 Å². The van der Waals surface area contributed by atoms with Crippen LogP contribution in [0.5, 0.6) is 0 Å². The maximum absolute atomic E-state index is 2.55. The Morgan fingerprint density at radius 1 is 0.198 bits per heavy atom. The summed E-state index contributed by atoms with van der Waals surface area (Å²) in [6, 6.07) is 105. The lowest BCUT2D eigenvalue weighted by molar-refractivity contribution is 1.15. The maximum atomic E-state index is 2.55. The van der Waals surface area contributed by atoms with Gasteiger partial charge in [-0.25, -0.2) is 0 Å². The summed E-state index contributed by atoms with van der Waals surface area (Å²) in [4.78, 5) is 0. The number of rotatable bonds is 5. The van der Waals surface area contributed by atoms with Gasteiger partial charge in [-0.1, -0.05) is 182 Å². The van der Waals surface area contributed by atoms with Crippen LogP contribution in [0.1, 0.15) is 0 Å². The minimum absolute atomic E-state index is 1.13. The third-order valence-corrected chi connectivity index (χ3v) is 21.0. The molecular weight excluding hydrogens is 1080 g/mol. The summed E-state index contributed by atoms with van der Waals surface area (Å²) in [6.07, 6.45) is 0. The van der Waals surface area contributed by atoms with Crippen molar-refractivity contribution in [3.63, 3.8) is 0 Å². The van der Waals surface area contributed by atoms with Gasteiger partial charge in [-0.3, -0.25) is 0 Å². The van der Waals surface area contributed by atoms with Gasteiger partial charge in [0.15, 0.2) is 0 Å². The Balaban J connectivity index is 0.783. The Bertz CT molecular complexity index is 6340. The van der Waals surface area contributed by atoms with E-state index in [4.69, 9.17) is 0 Å². The fraction of sp³-hybridized carbons (Fsp3) is 0. The van der Waals surface area contributed by atoms with Gasteiger partial charge in [0.1, 0.15) is 0 Å². The van der Waals surface area contributed by atoms with E-state index in [0.717, 1.165) is 17.1 Å². The van der Waals surface area contributed by atoms with Crippen LogP contribution in [0.15, 0.2) is 279 Å². The Labute approximate surface area is 499 Å². The van der Waals surface area contributed by atoms with Gasteiger partial charge < -0.3 is 18.3 Å². The molecule has 0 spiro atoms. The number of benzene rings is 14. The molecule has 0 saturated carbocycles. The SMILES string of the molecule is c1ccc(-n2c3ccccc3c3ccc4c5c6ccccc6ccc5n(-c5ccc6sc7cc(-c8cccc(-n9c%10ccccc%10c%10c%11ccccc%11c%11c(c%12ccccc%12n%11-c%11ccc%12sc%13ccccc%13c%12c%11)c%109)c8)ccc7c6c5)c4c32)cc1. The Morgan fingerprint density at radius 2 is 0.686 bits per heavy atom. The van der Waals surface area contributed by atoms with Gasteiger partial charge in [-0.2, -0.15) is 0 Å². The number of hydrogen-bond acceptors (Lipinski definition) is 2. The average molecular weight is 1130 g/mol. The average Bonchev–Trinajstić information content (AvgIpc) is 1.60. The van der Waals surface area contributed by atoms with Crippen molar-refractivity contribution in [1.82, 2.24) is 18.3 Å². The summed E-state index contributed by atoms with van der Waals surface area (Å²) in [5, 5.41) is 20.2. The quantitative estimate of drug-likeness (QED) is 0.164. The maximum Gasteiger partial charge on any atom is 0.0789 e. The highest BCUT2D eigenvalue weighted by Gasteiger charge is 2.27. The summed E-state index contributed by atoms with van der Waals surface area (Å²) in [6.45, 7) is 0. The van der Waals surface area contributed by atoms with Crippen molar-refractivity contribution in [2.75, 3.05) is 0 Å². The smallest absolute Gasteiger partial charge is 0.0789 e. The second kappa shape index (κ2) is 17.4. The van der Waals surface area contributed by atoms with E-state index in [1.165, 1.54) is 166 Å². The van der Waals surface area contributed by atoms with E-state index < -0.39 is 0 Å². The first-order chi connectivity index (χ1) is 42.7. The molecule has 4 nitrogen and oxygen atoms in total. The molecule has 398 valence electrons. The first kappa shape index (κ1) is 46.7. The van der Waals surface area contributed by atoms with Crippen molar-refractivity contribution in [3.8, 4) is 33.9 Å². The summed E-state index contributed by atoms with van der Waals surface area (Å²) in [5.74, 6) is 0. The van der Waals surface area contributed by atoms with Crippen LogP contribution in [-0.4, -0.2) is 18.3 Å². The van der Waals surface area contributed by atoms with Crippen LogP contribution in [0.2, 0.25) is 0 Å². The molecule has 0 aliphatic heterocycles. The number of hydrogen-bond donors (Lipinski definition) is 0. The standard InChI is InChI=1S/C80H46N4S2/c1-2-19-50(20-3-1)81-66-29-12-8-23-55(66)60-38-39-63-74-54-22-5-4-17-47(54)34-40-69(74)84(79(63)78(60)81)53-36-42-72-65(46-53)57-37-33-49(44-73(57)86-72)48-18-16-21-51(43-48)83-67-30-13-9-27-61(67)75-58-25-6-7-26-59(58)77-76(80(75)83)62-28-10-14-31-68(62)82(77)52-35-41-71-64(45-52)56-24-11-15-32-70(56)85-71/h1-46H. The molecular formula is C80H46N4S2. The fourth-order valence-corrected chi connectivity index (χ4v) is 17.3. The van der Waals surface area contributed by atoms with Crippen LogP contribution in [-0.2, 0) is 0 Å². The van der Waals surface area contributed by atoms with Crippen LogP contribution in [0.4, 0.5) is 0 Å². The predicted octanol–water partition coefficient (Wildman–Crippen LogP) is 22.8. The molecule has 14 aromatic carbocycles. The molecule has 0 saturated heterocycles. The molecule has 0 amide bonds. The molecule has 0 N–H and O–H groups in total. The minimum atomic E-state index is 1.13. The molecule has 20 aromatic rings. The molecule has 0 radical (unpaired) electrons. The van der Waals surface area contributed by atoms with Crippen molar-refractivity contribution in [3.05, 3.63) is 279 Å². The lowest BCUT2D eigenvalue weighted by Gasteiger charge is -2.14. The van der Waals surface area contributed by atoms with E-state index >= 15 is 0 Å². The van der Waals surface area contributed by atoms with Crippen molar-refractivity contribution in [2.45, 2.75) is 0 Å². The highest BCUT2D eigenvalue weighted by molar-refractivity contribution is 7.26. The monoisotopic (exact) mass is 1130 g/mol. The molecule has 0 aliphatic rings. The third-order valence-electron chi connectivity index (χ3n) is 18.7. The van der Waals surface area contributed by atoms with Gasteiger partial charge in [0.2, 0.25) is 0 Å². The zero-order chi connectivity index (χ0) is 55.9. The molecule has 6 heteroatoms. The van der Waals surface area contributed by atoms with Crippen molar-refractivity contribution < 1.29 is 0 Å². The highest BCUT2D eigenvalue weighted by atomic mass is 32.1. The van der Waals surface area contributed by atoms with Crippen LogP contribution in [0, 0.1) is 0 Å². The van der Waals surface area contributed by atoms with Gasteiger partial charge >= 0.3 is 0 Å². The molecule has 0 unspecified atom stereocenters. The fourth-order valence-electron chi connectivity index (χ4n) is 15.1. The second-order valence-electron chi connectivity index (χ2n) is 23.1. The Hall–Kier alpha value is -10.8. The molecule has 20 rings (SSSR count). The van der Waals surface area contributed by atoms with Gasteiger partial charge in [0.25, 0.3) is 0 Å². The zero-order valence-corrected chi connectivity index (χ0v) is 47.8. The van der Waals surface area contributed by atoms with Gasteiger partial charge in [-0.15, -0.1) is 22.7 Å². The summed E-state index contributed by atoms with van der Waals surface area (Å²) < 4.78 is 15.3. The van der Waals surface area contributed by atoms with Crippen molar-refractivity contribution >= 4 is 172 Å². The highest BCUT2D eigenvalue weighted by Crippen LogP contribution is 2.50. The van der Waals surface area contributed by atoms with E-state index in [9.17, 15) is 0 Å². The first-order valence-corrected chi connectivity index (χ1v) is 31.1. The molecule has 86 heavy (non-hydrogen) atoms. The second-order valence-corrected chi connectivity index (χ2v) is 25.3. The zero-order valence-electron chi connectivity index (χ0n) is 46.2. The number of fused-ring (bicyclic) bond motifs is 25. The minimum Gasteiger partial charge on any atom is -0.309 e. The van der Waals surface area contributed by atoms with E-state index in [2.05, 4.69) is 297 Å². The molecule has 0 atom stereocenters. The lowest BCUT2D eigenvalue weighted by atomic mass is 9.99. The molecule has 0 aliphatic carbocycles. The number of aromatic nitrogens is 4. The molecule has 0 bridgehead atoms. The van der Waals surface area contributed by atoms with Gasteiger partial charge in [0.05, 0.1) is 44.1 Å². The summed E-state index contributed by atoms with van der Waals surface area (Å²) in [7, 11) is 0.